The Labute approximate surface area is 119 Å². The molecule has 0 aliphatic carbocycles. The van der Waals surface area contributed by atoms with Gasteiger partial charge >= 0.3 is 0 Å². The summed E-state index contributed by atoms with van der Waals surface area (Å²) in [6, 6.07) is 8.07. The largest absolute Gasteiger partial charge is 0.382 e. The molecule has 1 aliphatic heterocycles. The van der Waals surface area contributed by atoms with Crippen LogP contribution in [0, 0.1) is 0 Å². The summed E-state index contributed by atoms with van der Waals surface area (Å²) >= 11 is 0. The van der Waals surface area contributed by atoms with E-state index in [-0.39, 0.29) is 17.9 Å². The van der Waals surface area contributed by atoms with E-state index in [0.29, 0.717) is 19.7 Å². The van der Waals surface area contributed by atoms with Crippen LogP contribution in [-0.2, 0) is 20.8 Å². The fraction of sp³-hybridized carbons (Fsp3) is 0.533. The lowest BCUT2D eigenvalue weighted by atomic mass is 9.90. The summed E-state index contributed by atoms with van der Waals surface area (Å²) in [5.41, 5.74) is 2.31. The maximum absolute atomic E-state index is 12.3. The number of benzene rings is 1. The van der Waals surface area contributed by atoms with Gasteiger partial charge in [-0.25, -0.2) is 0 Å². The van der Waals surface area contributed by atoms with Gasteiger partial charge in [-0.2, -0.15) is 0 Å². The molecule has 2 atom stereocenters. The standard InChI is InChI=1S/C15H22N2O3/c1-19-10-12(20-2)8-17-15(18)14-9-16-7-11-5-3-4-6-13(11)14/h3-6,12,14,16H,7-10H2,1-2H3,(H,17,18). The number of fused-ring (bicyclic) bond motifs is 1. The lowest BCUT2D eigenvalue weighted by molar-refractivity contribution is -0.123. The molecule has 0 bridgehead atoms. The van der Waals surface area contributed by atoms with Crippen molar-refractivity contribution < 1.29 is 14.3 Å². The van der Waals surface area contributed by atoms with E-state index >= 15 is 0 Å². The van der Waals surface area contributed by atoms with E-state index in [4.69, 9.17) is 9.47 Å². The van der Waals surface area contributed by atoms with Crippen LogP contribution < -0.4 is 10.6 Å². The van der Waals surface area contributed by atoms with Crippen LogP contribution in [0.3, 0.4) is 0 Å². The molecule has 0 saturated carbocycles. The number of rotatable bonds is 6. The first-order valence-electron chi connectivity index (χ1n) is 6.84. The minimum absolute atomic E-state index is 0.0304. The Hall–Kier alpha value is -1.43. The Morgan fingerprint density at radius 1 is 1.45 bits per heavy atom. The fourth-order valence-corrected chi connectivity index (χ4v) is 2.46. The lowest BCUT2D eigenvalue weighted by Gasteiger charge is -2.26. The van der Waals surface area contributed by atoms with Crippen molar-refractivity contribution in [2.75, 3.05) is 33.9 Å². The third-order valence-electron chi connectivity index (χ3n) is 3.60. The molecule has 2 rings (SSSR count). The van der Waals surface area contributed by atoms with Gasteiger partial charge in [0.15, 0.2) is 0 Å². The summed E-state index contributed by atoms with van der Waals surface area (Å²) in [6.45, 7) is 2.42. The summed E-state index contributed by atoms with van der Waals surface area (Å²) in [5, 5.41) is 6.23. The molecule has 110 valence electrons. The monoisotopic (exact) mass is 278 g/mol. The third kappa shape index (κ3) is 3.56. The van der Waals surface area contributed by atoms with Gasteiger partial charge in [-0.3, -0.25) is 4.79 Å². The molecule has 1 amide bonds. The minimum Gasteiger partial charge on any atom is -0.382 e. The number of nitrogens with one attached hydrogen (secondary N) is 2. The van der Waals surface area contributed by atoms with E-state index in [1.807, 2.05) is 18.2 Å². The van der Waals surface area contributed by atoms with Gasteiger partial charge in [-0.1, -0.05) is 24.3 Å². The Kier molecular flexibility index (Phi) is 5.52. The first-order valence-corrected chi connectivity index (χ1v) is 6.84. The third-order valence-corrected chi connectivity index (χ3v) is 3.60. The Balaban J connectivity index is 1.97. The predicted molar refractivity (Wildman–Crippen MR) is 76.6 cm³/mol. The zero-order chi connectivity index (χ0) is 14.4. The SMILES string of the molecule is COCC(CNC(=O)C1CNCc2ccccc21)OC. The fourth-order valence-electron chi connectivity index (χ4n) is 2.46. The van der Waals surface area contributed by atoms with E-state index in [2.05, 4.69) is 16.7 Å². The van der Waals surface area contributed by atoms with Gasteiger partial charge in [-0.15, -0.1) is 0 Å². The van der Waals surface area contributed by atoms with E-state index < -0.39 is 0 Å². The summed E-state index contributed by atoms with van der Waals surface area (Å²) in [4.78, 5) is 12.3. The Bertz CT molecular complexity index is 450. The number of hydrogen-bond acceptors (Lipinski definition) is 4. The Morgan fingerprint density at radius 3 is 3.00 bits per heavy atom. The van der Waals surface area contributed by atoms with Crippen molar-refractivity contribution in [3.63, 3.8) is 0 Å². The van der Waals surface area contributed by atoms with Gasteiger partial charge in [-0.05, 0) is 11.1 Å². The van der Waals surface area contributed by atoms with Crippen LogP contribution in [0.4, 0.5) is 0 Å². The number of hydrogen-bond donors (Lipinski definition) is 2. The maximum atomic E-state index is 12.3. The van der Waals surface area contributed by atoms with E-state index in [9.17, 15) is 4.79 Å². The summed E-state index contributed by atoms with van der Waals surface area (Å²) in [6.07, 6.45) is -0.115. The minimum atomic E-state index is -0.139. The van der Waals surface area contributed by atoms with Gasteiger partial charge in [0.1, 0.15) is 0 Å². The highest BCUT2D eigenvalue weighted by atomic mass is 16.5. The number of amides is 1. The van der Waals surface area contributed by atoms with Crippen LogP contribution in [0.2, 0.25) is 0 Å². The first-order chi connectivity index (χ1) is 9.76. The zero-order valence-electron chi connectivity index (χ0n) is 12.0. The van der Waals surface area contributed by atoms with Crippen molar-refractivity contribution in [2.45, 2.75) is 18.6 Å². The quantitative estimate of drug-likeness (QED) is 0.802. The molecule has 0 fully saturated rings. The predicted octanol–water partition coefficient (Wildman–Crippen LogP) is 0.651. The second kappa shape index (κ2) is 7.38. The normalized spacial score (nSPS) is 19.2. The van der Waals surface area contributed by atoms with E-state index in [1.54, 1.807) is 14.2 Å². The maximum Gasteiger partial charge on any atom is 0.228 e. The average Bonchev–Trinajstić information content (AvgIpc) is 2.50. The van der Waals surface area contributed by atoms with Crippen molar-refractivity contribution >= 4 is 5.91 Å². The van der Waals surface area contributed by atoms with Gasteiger partial charge in [0, 0.05) is 33.9 Å². The highest BCUT2D eigenvalue weighted by Crippen LogP contribution is 2.23. The van der Waals surface area contributed by atoms with E-state index in [0.717, 1.165) is 12.1 Å². The second-order valence-electron chi connectivity index (χ2n) is 4.94. The Morgan fingerprint density at radius 2 is 2.25 bits per heavy atom. The molecule has 5 nitrogen and oxygen atoms in total. The molecule has 2 N–H and O–H groups in total. The molecular formula is C15H22N2O3. The highest BCUT2D eigenvalue weighted by molar-refractivity contribution is 5.84. The molecule has 20 heavy (non-hydrogen) atoms. The van der Waals surface area contributed by atoms with Crippen molar-refractivity contribution in [1.29, 1.82) is 0 Å². The lowest BCUT2D eigenvalue weighted by Crippen LogP contribution is -2.42. The van der Waals surface area contributed by atoms with Crippen LogP contribution in [-0.4, -0.2) is 45.9 Å². The van der Waals surface area contributed by atoms with Gasteiger partial charge < -0.3 is 20.1 Å². The van der Waals surface area contributed by atoms with Crippen LogP contribution in [0.15, 0.2) is 24.3 Å². The molecule has 1 aromatic rings. The number of carbonyl (C=O) groups excluding carboxylic acids is 1. The summed E-state index contributed by atoms with van der Waals surface area (Å²) in [5.74, 6) is -0.109. The molecule has 0 aromatic heterocycles. The molecule has 1 aromatic carbocycles. The van der Waals surface area contributed by atoms with Crippen LogP contribution >= 0.6 is 0 Å². The molecule has 2 unspecified atom stereocenters. The van der Waals surface area contributed by atoms with Gasteiger partial charge in [0.05, 0.1) is 18.6 Å². The molecule has 0 saturated heterocycles. The molecule has 1 heterocycles. The molecule has 0 spiro atoms. The van der Waals surface area contributed by atoms with Crippen molar-refractivity contribution in [3.05, 3.63) is 35.4 Å². The number of ether oxygens (including phenoxy) is 2. The molecule has 0 radical (unpaired) electrons. The van der Waals surface area contributed by atoms with Gasteiger partial charge in [0.2, 0.25) is 5.91 Å². The number of carbonyl (C=O) groups is 1. The molecule has 1 aliphatic rings. The second-order valence-corrected chi connectivity index (χ2v) is 4.94. The van der Waals surface area contributed by atoms with Crippen LogP contribution in [0.25, 0.3) is 0 Å². The topological polar surface area (TPSA) is 59.6 Å². The van der Waals surface area contributed by atoms with Crippen molar-refractivity contribution in [1.82, 2.24) is 10.6 Å². The highest BCUT2D eigenvalue weighted by Gasteiger charge is 2.26. The molecular weight excluding hydrogens is 256 g/mol. The zero-order valence-corrected chi connectivity index (χ0v) is 12.0. The molecule has 5 heteroatoms. The van der Waals surface area contributed by atoms with Gasteiger partial charge in [0.25, 0.3) is 0 Å². The van der Waals surface area contributed by atoms with E-state index in [1.165, 1.54) is 5.56 Å². The van der Waals surface area contributed by atoms with Crippen molar-refractivity contribution in [2.24, 2.45) is 0 Å². The summed E-state index contributed by atoms with van der Waals surface area (Å²) < 4.78 is 10.3. The smallest absolute Gasteiger partial charge is 0.228 e. The average molecular weight is 278 g/mol. The number of methoxy groups -OCH3 is 2. The van der Waals surface area contributed by atoms with Crippen LogP contribution in [0.1, 0.15) is 17.0 Å². The van der Waals surface area contributed by atoms with Crippen molar-refractivity contribution in [3.8, 4) is 0 Å². The first kappa shape index (κ1) is 15.0. The summed E-state index contributed by atoms with van der Waals surface area (Å²) in [7, 11) is 3.24. The van der Waals surface area contributed by atoms with Crippen LogP contribution in [0.5, 0.6) is 0 Å².